The molecule has 27 heavy (non-hydrogen) atoms. The number of piperidine rings is 1. The summed E-state index contributed by atoms with van der Waals surface area (Å²) in [4.78, 5) is 18.8. The summed E-state index contributed by atoms with van der Waals surface area (Å²) in [5.41, 5.74) is 1.44. The van der Waals surface area contributed by atoms with Crippen LogP contribution in [0.4, 0.5) is 0 Å². The Bertz CT molecular complexity index is 579. The zero-order valence-electron chi connectivity index (χ0n) is 16.9. The lowest BCUT2D eigenvalue weighted by Crippen LogP contribution is -2.48. The molecule has 0 spiro atoms. The van der Waals surface area contributed by atoms with Crippen LogP contribution >= 0.6 is 24.0 Å². The van der Waals surface area contributed by atoms with Crippen molar-refractivity contribution in [3.63, 3.8) is 0 Å². The Morgan fingerprint density at radius 3 is 2.59 bits per heavy atom. The highest BCUT2D eigenvalue weighted by Gasteiger charge is 2.28. The number of hydrogen-bond donors (Lipinski definition) is 2. The molecule has 2 atom stereocenters. The average molecular weight is 486 g/mol. The maximum atomic E-state index is 11.8. The molecule has 1 saturated heterocycles. The molecule has 2 rings (SSSR count). The average Bonchev–Trinajstić information content (AvgIpc) is 2.66. The Labute approximate surface area is 181 Å². The molecule has 1 amide bonds. The number of halogens is 1. The van der Waals surface area contributed by atoms with E-state index in [1.807, 2.05) is 0 Å². The second-order valence-corrected chi connectivity index (χ2v) is 7.06. The van der Waals surface area contributed by atoms with Crippen molar-refractivity contribution in [2.75, 3.05) is 32.7 Å². The first-order chi connectivity index (χ1) is 12.7. The van der Waals surface area contributed by atoms with Crippen molar-refractivity contribution in [1.29, 1.82) is 0 Å². The molecule has 1 aromatic rings. The zero-order chi connectivity index (χ0) is 18.8. The van der Waals surface area contributed by atoms with Crippen molar-refractivity contribution in [3.05, 3.63) is 35.9 Å². The molecule has 2 unspecified atom stereocenters. The quantitative estimate of drug-likeness (QED) is 0.352. The molecule has 0 aliphatic carbocycles. The van der Waals surface area contributed by atoms with E-state index in [2.05, 4.69) is 71.6 Å². The molecule has 1 aliphatic rings. The zero-order valence-corrected chi connectivity index (χ0v) is 19.2. The van der Waals surface area contributed by atoms with E-state index < -0.39 is 0 Å². The summed E-state index contributed by atoms with van der Waals surface area (Å²) in [6, 6.07) is 10.8. The van der Waals surface area contributed by atoms with E-state index >= 15 is 0 Å². The molecular weight excluding hydrogens is 451 g/mol. The highest BCUT2D eigenvalue weighted by molar-refractivity contribution is 14.0. The second-order valence-electron chi connectivity index (χ2n) is 7.06. The molecule has 0 radical (unpaired) electrons. The molecule has 5 nitrogen and oxygen atoms in total. The van der Waals surface area contributed by atoms with Crippen LogP contribution in [0, 0.1) is 5.92 Å². The van der Waals surface area contributed by atoms with Gasteiger partial charge in [-0.05, 0) is 37.2 Å². The molecule has 1 aromatic carbocycles. The van der Waals surface area contributed by atoms with Crippen molar-refractivity contribution in [1.82, 2.24) is 15.5 Å². The van der Waals surface area contributed by atoms with Crippen LogP contribution in [0.3, 0.4) is 0 Å². The van der Waals surface area contributed by atoms with Gasteiger partial charge in [0.25, 0.3) is 0 Å². The maximum Gasteiger partial charge on any atom is 0.221 e. The molecule has 2 N–H and O–H groups in total. The molecule has 1 fully saturated rings. The first-order valence-corrected chi connectivity index (χ1v) is 10.0. The molecule has 0 aromatic heterocycles. The SMILES string of the molecule is CCCNC(=O)CCN=C(NCC)N1CCC(c2ccccc2)C(C)C1.I. The molecule has 1 heterocycles. The van der Waals surface area contributed by atoms with Crippen LogP contribution in [0.5, 0.6) is 0 Å². The summed E-state index contributed by atoms with van der Waals surface area (Å²) in [5, 5.41) is 6.30. The monoisotopic (exact) mass is 486 g/mol. The van der Waals surface area contributed by atoms with Crippen LogP contribution in [0.2, 0.25) is 0 Å². The van der Waals surface area contributed by atoms with Crippen molar-refractivity contribution in [2.45, 2.75) is 46.0 Å². The number of nitrogens with zero attached hydrogens (tertiary/aromatic N) is 2. The number of likely N-dealkylation sites (tertiary alicyclic amines) is 1. The molecule has 1 aliphatic heterocycles. The lowest BCUT2D eigenvalue weighted by Gasteiger charge is -2.39. The Hall–Kier alpha value is -1.31. The first-order valence-electron chi connectivity index (χ1n) is 10.0. The lowest BCUT2D eigenvalue weighted by molar-refractivity contribution is -0.120. The van der Waals surface area contributed by atoms with Gasteiger partial charge in [0.1, 0.15) is 0 Å². The maximum absolute atomic E-state index is 11.8. The topological polar surface area (TPSA) is 56.7 Å². The normalized spacial score (nSPS) is 20.0. The fourth-order valence-corrected chi connectivity index (χ4v) is 3.58. The second kappa shape index (κ2) is 13.0. The van der Waals surface area contributed by atoms with Crippen LogP contribution in [0.25, 0.3) is 0 Å². The number of carbonyl (C=O) groups is 1. The predicted octanol–water partition coefficient (Wildman–Crippen LogP) is 3.61. The van der Waals surface area contributed by atoms with Gasteiger partial charge >= 0.3 is 0 Å². The van der Waals surface area contributed by atoms with Gasteiger partial charge in [0.2, 0.25) is 5.91 Å². The van der Waals surface area contributed by atoms with E-state index in [1.54, 1.807) is 0 Å². The van der Waals surface area contributed by atoms with Gasteiger partial charge in [0.15, 0.2) is 5.96 Å². The molecule has 0 saturated carbocycles. The summed E-state index contributed by atoms with van der Waals surface area (Å²) >= 11 is 0. The number of amides is 1. The number of guanidine groups is 1. The third-order valence-electron chi connectivity index (χ3n) is 4.94. The predicted molar refractivity (Wildman–Crippen MR) is 124 cm³/mol. The van der Waals surface area contributed by atoms with Crippen LogP contribution in [-0.4, -0.2) is 49.5 Å². The highest BCUT2D eigenvalue weighted by Crippen LogP contribution is 2.32. The molecule has 0 bridgehead atoms. The van der Waals surface area contributed by atoms with Gasteiger partial charge in [-0.3, -0.25) is 9.79 Å². The number of aliphatic imine (C=N–C) groups is 1. The number of rotatable bonds is 7. The highest BCUT2D eigenvalue weighted by atomic mass is 127. The third kappa shape index (κ3) is 7.68. The summed E-state index contributed by atoms with van der Waals surface area (Å²) in [7, 11) is 0. The number of carbonyl (C=O) groups excluding carboxylic acids is 1. The summed E-state index contributed by atoms with van der Waals surface area (Å²) in [6.07, 6.45) is 2.55. The largest absolute Gasteiger partial charge is 0.357 e. The minimum absolute atomic E-state index is 0. The van der Waals surface area contributed by atoms with Crippen molar-refractivity contribution >= 4 is 35.8 Å². The lowest BCUT2D eigenvalue weighted by atomic mass is 9.82. The summed E-state index contributed by atoms with van der Waals surface area (Å²) < 4.78 is 0. The number of nitrogens with one attached hydrogen (secondary N) is 2. The minimum atomic E-state index is 0. The Morgan fingerprint density at radius 1 is 1.22 bits per heavy atom. The third-order valence-corrected chi connectivity index (χ3v) is 4.94. The fourth-order valence-electron chi connectivity index (χ4n) is 3.58. The first kappa shape index (κ1) is 23.7. The van der Waals surface area contributed by atoms with E-state index in [-0.39, 0.29) is 29.9 Å². The standard InChI is InChI=1S/C21H34N4O.HI/c1-4-13-23-20(26)11-14-24-21(22-5-2)25-15-12-19(17(3)16-25)18-9-7-6-8-10-18;/h6-10,17,19H,4-5,11-16H2,1-3H3,(H,22,24)(H,23,26);1H. The van der Waals surface area contributed by atoms with Gasteiger partial charge in [-0.25, -0.2) is 0 Å². The van der Waals surface area contributed by atoms with E-state index in [4.69, 9.17) is 0 Å². The van der Waals surface area contributed by atoms with Gasteiger partial charge in [-0.15, -0.1) is 24.0 Å². The van der Waals surface area contributed by atoms with Crippen molar-refractivity contribution < 1.29 is 4.79 Å². The van der Waals surface area contributed by atoms with E-state index in [0.29, 0.717) is 24.8 Å². The number of benzene rings is 1. The van der Waals surface area contributed by atoms with E-state index in [0.717, 1.165) is 45.0 Å². The van der Waals surface area contributed by atoms with Gasteiger partial charge in [0.05, 0.1) is 6.54 Å². The van der Waals surface area contributed by atoms with Gasteiger partial charge in [-0.2, -0.15) is 0 Å². The van der Waals surface area contributed by atoms with Crippen LogP contribution in [-0.2, 0) is 4.79 Å². The smallest absolute Gasteiger partial charge is 0.221 e. The van der Waals surface area contributed by atoms with Crippen molar-refractivity contribution in [3.8, 4) is 0 Å². The molecular formula is C21H35IN4O. The molecule has 152 valence electrons. The number of hydrogen-bond acceptors (Lipinski definition) is 2. The van der Waals surface area contributed by atoms with Gasteiger partial charge in [-0.1, -0.05) is 44.2 Å². The van der Waals surface area contributed by atoms with Crippen LogP contribution in [0.1, 0.15) is 51.5 Å². The Balaban J connectivity index is 0.00000364. The van der Waals surface area contributed by atoms with Crippen LogP contribution < -0.4 is 10.6 Å². The molecule has 6 heteroatoms. The summed E-state index contributed by atoms with van der Waals surface area (Å²) in [5.74, 6) is 2.20. The van der Waals surface area contributed by atoms with Gasteiger partial charge in [0, 0.05) is 32.6 Å². The summed E-state index contributed by atoms with van der Waals surface area (Å²) in [6.45, 7) is 10.6. The van der Waals surface area contributed by atoms with Crippen molar-refractivity contribution in [2.24, 2.45) is 10.9 Å². The Morgan fingerprint density at radius 2 is 1.96 bits per heavy atom. The van der Waals surface area contributed by atoms with Crippen LogP contribution in [0.15, 0.2) is 35.3 Å². The Kier molecular flexibility index (Phi) is 11.4. The van der Waals surface area contributed by atoms with E-state index in [1.165, 1.54) is 5.56 Å². The van der Waals surface area contributed by atoms with E-state index in [9.17, 15) is 4.79 Å². The van der Waals surface area contributed by atoms with Gasteiger partial charge < -0.3 is 15.5 Å². The minimum Gasteiger partial charge on any atom is -0.357 e. The fraction of sp³-hybridized carbons (Fsp3) is 0.619.